The average Bonchev–Trinajstić information content (AvgIpc) is 2.80. The fourth-order valence-corrected chi connectivity index (χ4v) is 2.70. The molecule has 0 saturated heterocycles. The number of nitro benzene ring substituents is 1. The maximum Gasteiger partial charge on any atom is 0.343 e. The van der Waals surface area contributed by atoms with Gasteiger partial charge in [-0.3, -0.25) is 14.9 Å². The van der Waals surface area contributed by atoms with Crippen molar-refractivity contribution in [3.63, 3.8) is 0 Å². The molecule has 158 valence electrons. The highest BCUT2D eigenvalue weighted by atomic mass is 16.6. The molecular weight excluding hydrogens is 410 g/mol. The Morgan fingerprint density at radius 2 is 1.75 bits per heavy atom. The number of nitrogens with one attached hydrogen (secondary N) is 1. The summed E-state index contributed by atoms with van der Waals surface area (Å²) in [5, 5.41) is 22.9. The van der Waals surface area contributed by atoms with E-state index in [4.69, 9.17) is 4.74 Å². The maximum absolute atomic E-state index is 12.4. The Balaban J connectivity index is 1.69. The van der Waals surface area contributed by atoms with Crippen LogP contribution < -0.4 is 10.1 Å². The maximum atomic E-state index is 12.4. The molecule has 0 heterocycles. The Morgan fingerprint density at radius 1 is 1.06 bits per heavy atom. The van der Waals surface area contributed by atoms with Gasteiger partial charge in [-0.05, 0) is 48.9 Å². The zero-order chi connectivity index (χ0) is 23.1. The third-order valence-electron chi connectivity index (χ3n) is 4.37. The number of nitro groups is 1. The number of nitrogens with zero attached hydrogens (tertiary/aromatic N) is 2. The number of ether oxygens (including phenoxy) is 1. The van der Waals surface area contributed by atoms with Gasteiger partial charge in [0.15, 0.2) is 0 Å². The number of anilines is 1. The number of hydrogen-bond donors (Lipinski definition) is 1. The van der Waals surface area contributed by atoms with Crippen LogP contribution in [0, 0.1) is 28.4 Å². The smallest absolute Gasteiger partial charge is 0.343 e. The summed E-state index contributed by atoms with van der Waals surface area (Å²) in [6, 6.07) is 20.4. The van der Waals surface area contributed by atoms with Crippen molar-refractivity contribution in [1.82, 2.24) is 0 Å². The second-order valence-electron chi connectivity index (χ2n) is 6.76. The van der Waals surface area contributed by atoms with Crippen LogP contribution in [0.4, 0.5) is 11.4 Å². The molecule has 0 bridgehead atoms. The van der Waals surface area contributed by atoms with Gasteiger partial charge in [-0.2, -0.15) is 5.26 Å². The Kier molecular flexibility index (Phi) is 6.73. The average molecular weight is 427 g/mol. The van der Waals surface area contributed by atoms with Gasteiger partial charge in [-0.25, -0.2) is 4.79 Å². The number of amides is 1. The van der Waals surface area contributed by atoms with Crippen LogP contribution in [0.3, 0.4) is 0 Å². The number of carbonyl (C=O) groups excluding carboxylic acids is 2. The highest BCUT2D eigenvalue weighted by Gasteiger charge is 2.14. The van der Waals surface area contributed by atoms with Gasteiger partial charge in [-0.15, -0.1) is 0 Å². The van der Waals surface area contributed by atoms with E-state index in [1.54, 1.807) is 24.3 Å². The topological polar surface area (TPSA) is 122 Å². The molecule has 1 amide bonds. The molecule has 0 unspecified atom stereocenters. The number of rotatable bonds is 6. The molecule has 0 saturated carbocycles. The third kappa shape index (κ3) is 5.64. The fourth-order valence-electron chi connectivity index (χ4n) is 2.70. The van der Waals surface area contributed by atoms with E-state index in [0.717, 1.165) is 11.6 Å². The normalized spacial score (nSPS) is 10.7. The van der Waals surface area contributed by atoms with Crippen molar-refractivity contribution >= 4 is 29.3 Å². The summed E-state index contributed by atoms with van der Waals surface area (Å²) in [5.74, 6) is -1.08. The second-order valence-corrected chi connectivity index (χ2v) is 6.76. The summed E-state index contributed by atoms with van der Waals surface area (Å²) in [6.45, 7) is 1.93. The van der Waals surface area contributed by atoms with Crippen molar-refractivity contribution in [3.8, 4) is 11.8 Å². The largest absolute Gasteiger partial charge is 0.423 e. The summed E-state index contributed by atoms with van der Waals surface area (Å²) in [7, 11) is 0. The number of non-ortho nitro benzene ring substituents is 1. The lowest BCUT2D eigenvalue weighted by Gasteiger charge is -2.06. The summed E-state index contributed by atoms with van der Waals surface area (Å²) < 4.78 is 5.23. The van der Waals surface area contributed by atoms with Crippen LogP contribution in [0.25, 0.3) is 6.08 Å². The Morgan fingerprint density at radius 3 is 2.38 bits per heavy atom. The first kappa shape index (κ1) is 21.9. The number of esters is 1. The van der Waals surface area contributed by atoms with Crippen LogP contribution in [-0.2, 0) is 4.79 Å². The van der Waals surface area contributed by atoms with Gasteiger partial charge in [0, 0.05) is 17.8 Å². The molecule has 0 aliphatic heterocycles. The molecule has 0 aliphatic carbocycles. The quantitative estimate of drug-likeness (QED) is 0.152. The van der Waals surface area contributed by atoms with Crippen molar-refractivity contribution in [1.29, 1.82) is 5.26 Å². The van der Waals surface area contributed by atoms with Gasteiger partial charge >= 0.3 is 5.97 Å². The van der Waals surface area contributed by atoms with E-state index in [0.29, 0.717) is 11.3 Å². The third-order valence-corrected chi connectivity index (χ3v) is 4.37. The van der Waals surface area contributed by atoms with Crippen molar-refractivity contribution in [2.24, 2.45) is 0 Å². The molecule has 3 rings (SSSR count). The molecule has 32 heavy (non-hydrogen) atoms. The van der Waals surface area contributed by atoms with E-state index < -0.39 is 16.8 Å². The lowest BCUT2D eigenvalue weighted by molar-refractivity contribution is -0.384. The van der Waals surface area contributed by atoms with Crippen molar-refractivity contribution in [2.45, 2.75) is 6.92 Å². The summed E-state index contributed by atoms with van der Waals surface area (Å²) in [4.78, 5) is 34.8. The molecule has 0 radical (unpaired) electrons. The molecule has 0 atom stereocenters. The minimum atomic E-state index is -0.743. The van der Waals surface area contributed by atoms with E-state index in [1.807, 2.05) is 25.1 Å². The molecule has 1 N–H and O–H groups in total. The summed E-state index contributed by atoms with van der Waals surface area (Å²) in [6.07, 6.45) is 1.41. The summed E-state index contributed by atoms with van der Waals surface area (Å²) in [5.41, 5.74) is 1.91. The number of benzene rings is 3. The molecule has 8 nitrogen and oxygen atoms in total. The first-order chi connectivity index (χ1) is 15.4. The van der Waals surface area contributed by atoms with E-state index in [1.165, 1.54) is 36.4 Å². The van der Waals surface area contributed by atoms with Crippen molar-refractivity contribution in [2.75, 3.05) is 5.32 Å². The zero-order valence-electron chi connectivity index (χ0n) is 16.9. The minimum absolute atomic E-state index is 0.0442. The Bertz CT molecular complexity index is 1240. The molecule has 0 spiro atoms. The van der Waals surface area contributed by atoms with E-state index in [2.05, 4.69) is 5.32 Å². The van der Waals surface area contributed by atoms with Crippen LogP contribution in [0.15, 0.2) is 78.4 Å². The van der Waals surface area contributed by atoms with Gasteiger partial charge in [0.05, 0.1) is 10.5 Å². The molecule has 0 aliphatic rings. The Labute approximate surface area is 183 Å². The molecule has 3 aromatic carbocycles. The predicted molar refractivity (Wildman–Crippen MR) is 118 cm³/mol. The second kappa shape index (κ2) is 9.82. The highest BCUT2D eigenvalue weighted by molar-refractivity contribution is 6.09. The van der Waals surface area contributed by atoms with Crippen molar-refractivity contribution in [3.05, 3.63) is 105 Å². The number of aryl methyl sites for hydroxylation is 1. The summed E-state index contributed by atoms with van der Waals surface area (Å²) >= 11 is 0. The van der Waals surface area contributed by atoms with Gasteiger partial charge in [-0.1, -0.05) is 35.9 Å². The molecular formula is C24H17N3O5. The SMILES string of the molecule is Cc1ccc(NC(=O)/C(C#N)=C\c2ccc(OC(=O)c3cccc([N+](=O)[O-])c3)cc2)cc1. The van der Waals surface area contributed by atoms with Crippen LogP contribution in [0.5, 0.6) is 5.75 Å². The van der Waals surface area contributed by atoms with E-state index in [-0.39, 0.29) is 22.6 Å². The van der Waals surface area contributed by atoms with Gasteiger partial charge < -0.3 is 10.1 Å². The highest BCUT2D eigenvalue weighted by Crippen LogP contribution is 2.19. The lowest BCUT2D eigenvalue weighted by atomic mass is 10.1. The molecule has 0 aromatic heterocycles. The van der Waals surface area contributed by atoms with Crippen LogP contribution in [0.1, 0.15) is 21.5 Å². The minimum Gasteiger partial charge on any atom is -0.423 e. The van der Waals surface area contributed by atoms with Gasteiger partial charge in [0.2, 0.25) is 0 Å². The monoisotopic (exact) mass is 427 g/mol. The van der Waals surface area contributed by atoms with E-state index in [9.17, 15) is 25.0 Å². The number of hydrogen-bond acceptors (Lipinski definition) is 6. The van der Waals surface area contributed by atoms with Crippen LogP contribution >= 0.6 is 0 Å². The fraction of sp³-hybridized carbons (Fsp3) is 0.0417. The number of carbonyl (C=O) groups is 2. The zero-order valence-corrected chi connectivity index (χ0v) is 16.9. The predicted octanol–water partition coefficient (Wildman–Crippen LogP) is 4.67. The Hall–Kier alpha value is -4.77. The number of nitriles is 1. The first-order valence-corrected chi connectivity index (χ1v) is 9.42. The standard InChI is InChI=1S/C24H17N3O5/c1-16-5-9-20(10-6-16)26-23(28)19(15-25)13-17-7-11-22(12-8-17)32-24(29)18-3-2-4-21(14-18)27(30)31/h2-14H,1H3,(H,26,28)/b19-13-. The first-order valence-electron chi connectivity index (χ1n) is 9.42. The molecule has 3 aromatic rings. The van der Waals surface area contributed by atoms with Gasteiger partial charge in [0.1, 0.15) is 17.4 Å². The van der Waals surface area contributed by atoms with E-state index >= 15 is 0 Å². The van der Waals surface area contributed by atoms with Crippen molar-refractivity contribution < 1.29 is 19.2 Å². The lowest BCUT2D eigenvalue weighted by Crippen LogP contribution is -2.13. The van der Waals surface area contributed by atoms with Crippen LogP contribution in [0.2, 0.25) is 0 Å². The molecule has 8 heteroatoms. The van der Waals surface area contributed by atoms with Gasteiger partial charge in [0.25, 0.3) is 11.6 Å². The van der Waals surface area contributed by atoms with Crippen LogP contribution in [-0.4, -0.2) is 16.8 Å². The molecule has 0 fully saturated rings.